The monoisotopic (exact) mass is 320 g/mol. The van der Waals surface area contributed by atoms with Gasteiger partial charge in [-0.3, -0.25) is 4.99 Å². The van der Waals surface area contributed by atoms with Gasteiger partial charge in [-0.25, -0.2) is 0 Å². The fourth-order valence-corrected chi connectivity index (χ4v) is 5.12. The highest BCUT2D eigenvalue weighted by molar-refractivity contribution is 5.80. The summed E-state index contributed by atoms with van der Waals surface area (Å²) in [4.78, 5) is 10.1. The Labute approximate surface area is 140 Å². The highest BCUT2D eigenvalue weighted by Gasteiger charge is 2.53. The Morgan fingerprint density at radius 2 is 1.83 bits per heavy atom. The largest absolute Gasteiger partial charge is 0.374 e. The van der Waals surface area contributed by atoms with Crippen LogP contribution in [0.1, 0.15) is 33.1 Å². The first kappa shape index (κ1) is 15.7. The molecule has 4 rings (SSSR count). The van der Waals surface area contributed by atoms with Crippen LogP contribution in [0.5, 0.6) is 0 Å². The molecule has 1 N–H and O–H groups in total. The van der Waals surface area contributed by atoms with Crippen LogP contribution in [0, 0.1) is 17.8 Å². The predicted octanol–water partition coefficient (Wildman–Crippen LogP) is 1.40. The van der Waals surface area contributed by atoms with Crippen LogP contribution < -0.4 is 5.32 Å². The zero-order valence-corrected chi connectivity index (χ0v) is 14.7. The van der Waals surface area contributed by atoms with E-state index in [1.54, 1.807) is 0 Å². The second-order valence-corrected chi connectivity index (χ2v) is 7.77. The van der Waals surface area contributed by atoms with Crippen LogP contribution in [0.25, 0.3) is 0 Å². The number of nitrogens with one attached hydrogen (secondary N) is 1. The van der Waals surface area contributed by atoms with Crippen LogP contribution in [-0.4, -0.2) is 73.8 Å². The zero-order valence-electron chi connectivity index (χ0n) is 14.7. The Kier molecular flexibility index (Phi) is 4.50. The molecule has 0 amide bonds. The van der Waals surface area contributed by atoms with Crippen molar-refractivity contribution in [3.05, 3.63) is 0 Å². The molecule has 0 radical (unpaired) electrons. The minimum absolute atomic E-state index is 0.533. The molecule has 5 nitrogen and oxygen atoms in total. The van der Waals surface area contributed by atoms with Crippen molar-refractivity contribution < 1.29 is 4.74 Å². The first-order valence-electron chi connectivity index (χ1n) is 9.69. The first-order valence-corrected chi connectivity index (χ1v) is 9.69. The third-order valence-electron chi connectivity index (χ3n) is 6.40. The van der Waals surface area contributed by atoms with Crippen molar-refractivity contribution in [1.82, 2.24) is 15.1 Å². The summed E-state index contributed by atoms with van der Waals surface area (Å²) in [5.74, 6) is 3.39. The molecule has 4 aliphatic heterocycles. The molecule has 0 saturated carbocycles. The second-order valence-electron chi connectivity index (χ2n) is 7.77. The van der Waals surface area contributed by atoms with Crippen LogP contribution >= 0.6 is 0 Å². The average Bonchev–Trinajstić information content (AvgIpc) is 3.32. The Morgan fingerprint density at radius 1 is 1.09 bits per heavy atom. The molecule has 4 fully saturated rings. The molecule has 0 aliphatic carbocycles. The number of guanidine groups is 1. The summed E-state index contributed by atoms with van der Waals surface area (Å²) in [5.41, 5.74) is 0. The van der Waals surface area contributed by atoms with E-state index < -0.39 is 0 Å². The highest BCUT2D eigenvalue weighted by Crippen LogP contribution is 2.47. The summed E-state index contributed by atoms with van der Waals surface area (Å²) in [6.45, 7) is 12.3. The molecule has 5 atom stereocenters. The number of likely N-dealkylation sites (tertiary alicyclic amines) is 2. The maximum absolute atomic E-state index is 6.10. The molecule has 5 unspecified atom stereocenters. The molecule has 0 spiro atoms. The quantitative estimate of drug-likeness (QED) is 0.628. The van der Waals surface area contributed by atoms with E-state index >= 15 is 0 Å². The molecule has 5 heteroatoms. The van der Waals surface area contributed by atoms with E-state index in [9.17, 15) is 0 Å². The minimum atomic E-state index is 0.533. The van der Waals surface area contributed by atoms with Gasteiger partial charge in [0.2, 0.25) is 0 Å². The SMILES string of the molecule is CCNC(=NCC1CCN(CC)C1)N1CC2C3CCC(O3)C2C1. The van der Waals surface area contributed by atoms with E-state index in [1.165, 1.54) is 38.9 Å². The van der Waals surface area contributed by atoms with Crippen molar-refractivity contribution in [2.75, 3.05) is 45.8 Å². The number of hydrogen-bond donors (Lipinski definition) is 1. The summed E-state index contributed by atoms with van der Waals surface area (Å²) in [7, 11) is 0. The lowest BCUT2D eigenvalue weighted by Crippen LogP contribution is -2.41. The van der Waals surface area contributed by atoms with Gasteiger partial charge in [-0.15, -0.1) is 0 Å². The lowest BCUT2D eigenvalue weighted by atomic mass is 9.82. The number of aliphatic imine (C=N–C) groups is 1. The van der Waals surface area contributed by atoms with E-state index in [1.807, 2.05) is 0 Å². The maximum Gasteiger partial charge on any atom is 0.193 e. The molecule has 4 saturated heterocycles. The lowest BCUT2D eigenvalue weighted by molar-refractivity contribution is 0.0767. The van der Waals surface area contributed by atoms with E-state index in [4.69, 9.17) is 9.73 Å². The first-order chi connectivity index (χ1) is 11.3. The van der Waals surface area contributed by atoms with Gasteiger partial charge in [0.1, 0.15) is 0 Å². The Morgan fingerprint density at radius 3 is 2.43 bits per heavy atom. The predicted molar refractivity (Wildman–Crippen MR) is 92.6 cm³/mol. The van der Waals surface area contributed by atoms with E-state index in [-0.39, 0.29) is 0 Å². The van der Waals surface area contributed by atoms with Crippen LogP contribution in [0.15, 0.2) is 4.99 Å². The van der Waals surface area contributed by atoms with Crippen molar-refractivity contribution in [2.45, 2.75) is 45.3 Å². The fraction of sp³-hybridized carbons (Fsp3) is 0.944. The van der Waals surface area contributed by atoms with Crippen molar-refractivity contribution in [1.29, 1.82) is 0 Å². The number of ether oxygens (including phenoxy) is 1. The van der Waals surface area contributed by atoms with Crippen LogP contribution in [-0.2, 0) is 4.74 Å². The van der Waals surface area contributed by atoms with E-state index in [2.05, 4.69) is 29.0 Å². The summed E-state index contributed by atoms with van der Waals surface area (Å²) in [6.07, 6.45) is 4.93. The van der Waals surface area contributed by atoms with Gasteiger partial charge in [0.15, 0.2) is 5.96 Å². The lowest BCUT2D eigenvalue weighted by Gasteiger charge is -2.24. The molecule has 2 bridgehead atoms. The van der Waals surface area contributed by atoms with Crippen molar-refractivity contribution >= 4 is 5.96 Å². The molecule has 130 valence electrons. The van der Waals surface area contributed by atoms with Gasteiger partial charge in [-0.2, -0.15) is 0 Å². The smallest absolute Gasteiger partial charge is 0.193 e. The fourth-order valence-electron chi connectivity index (χ4n) is 5.12. The van der Waals surface area contributed by atoms with E-state index in [0.29, 0.717) is 12.2 Å². The Balaban J connectivity index is 1.37. The molecular formula is C18H32N4O. The number of fused-ring (bicyclic) bond motifs is 5. The summed E-state index contributed by atoms with van der Waals surface area (Å²) < 4.78 is 6.10. The number of hydrogen-bond acceptors (Lipinski definition) is 3. The van der Waals surface area contributed by atoms with Gasteiger partial charge >= 0.3 is 0 Å². The minimum Gasteiger partial charge on any atom is -0.374 e. The van der Waals surface area contributed by atoms with Gasteiger partial charge in [-0.05, 0) is 45.2 Å². The maximum atomic E-state index is 6.10. The molecule has 0 aromatic rings. The zero-order chi connectivity index (χ0) is 15.8. The summed E-state index contributed by atoms with van der Waals surface area (Å²) in [6, 6.07) is 0. The van der Waals surface area contributed by atoms with Crippen molar-refractivity contribution in [3.63, 3.8) is 0 Å². The van der Waals surface area contributed by atoms with Gasteiger partial charge in [0, 0.05) is 44.6 Å². The second kappa shape index (κ2) is 6.60. The molecule has 0 aromatic carbocycles. The Hall–Kier alpha value is -0.810. The molecular weight excluding hydrogens is 288 g/mol. The summed E-state index contributed by atoms with van der Waals surface area (Å²) in [5, 5.41) is 3.53. The Bertz CT molecular complexity index is 436. The van der Waals surface area contributed by atoms with E-state index in [0.717, 1.165) is 49.9 Å². The van der Waals surface area contributed by atoms with Gasteiger partial charge < -0.3 is 19.9 Å². The van der Waals surface area contributed by atoms with Crippen molar-refractivity contribution in [2.24, 2.45) is 22.7 Å². The van der Waals surface area contributed by atoms with Gasteiger partial charge in [0.25, 0.3) is 0 Å². The molecule has 23 heavy (non-hydrogen) atoms. The summed E-state index contributed by atoms with van der Waals surface area (Å²) >= 11 is 0. The molecule has 4 heterocycles. The van der Waals surface area contributed by atoms with Gasteiger partial charge in [-0.1, -0.05) is 6.92 Å². The third-order valence-corrected chi connectivity index (χ3v) is 6.40. The van der Waals surface area contributed by atoms with Crippen LogP contribution in [0.3, 0.4) is 0 Å². The average molecular weight is 320 g/mol. The topological polar surface area (TPSA) is 40.1 Å². The number of rotatable bonds is 4. The van der Waals surface area contributed by atoms with Crippen molar-refractivity contribution in [3.8, 4) is 0 Å². The molecule has 4 aliphatic rings. The van der Waals surface area contributed by atoms with Gasteiger partial charge in [0.05, 0.1) is 12.2 Å². The molecule has 0 aromatic heterocycles. The number of nitrogens with zero attached hydrogens (tertiary/aromatic N) is 3. The van der Waals surface area contributed by atoms with Crippen LogP contribution in [0.2, 0.25) is 0 Å². The highest BCUT2D eigenvalue weighted by atomic mass is 16.5. The standard InChI is InChI=1S/C18H32N4O/c1-3-19-18(20-9-13-7-8-21(4-2)10-13)22-11-14-15(12-22)17-6-5-16(14)23-17/h13-17H,3-12H2,1-2H3,(H,19,20). The van der Waals surface area contributed by atoms with Crippen LogP contribution in [0.4, 0.5) is 0 Å². The normalized spacial score (nSPS) is 40.2. The third kappa shape index (κ3) is 2.98.